The Morgan fingerprint density at radius 3 is 2.05 bits per heavy atom. The lowest BCUT2D eigenvalue weighted by molar-refractivity contribution is -0.313. The van der Waals surface area contributed by atoms with E-state index >= 15 is 0 Å². The van der Waals surface area contributed by atoms with Crippen molar-refractivity contribution in [1.29, 1.82) is 0 Å². The minimum atomic E-state index is -0.469. The van der Waals surface area contributed by atoms with Crippen LogP contribution in [0, 0.1) is 0 Å². The Kier molecular flexibility index (Phi) is 8.60. The highest BCUT2D eigenvalue weighted by Crippen LogP contribution is 2.28. The van der Waals surface area contributed by atoms with E-state index in [-0.39, 0.29) is 24.4 Å². The molecule has 0 spiro atoms. The molecule has 0 aromatic rings. The van der Waals surface area contributed by atoms with E-state index in [2.05, 4.69) is 6.92 Å². The van der Waals surface area contributed by atoms with E-state index < -0.39 is 6.29 Å². The van der Waals surface area contributed by atoms with Gasteiger partial charge >= 0.3 is 0 Å². The molecule has 1 aliphatic heterocycles. The summed E-state index contributed by atoms with van der Waals surface area (Å²) in [4.78, 5) is 0. The van der Waals surface area contributed by atoms with Gasteiger partial charge in [0, 0.05) is 35.0 Å². The smallest absolute Gasteiger partial charge is 0.186 e. The van der Waals surface area contributed by atoms with Crippen molar-refractivity contribution < 1.29 is 28.4 Å². The zero-order valence-corrected chi connectivity index (χ0v) is 13.2. The molecule has 0 amide bonds. The summed E-state index contributed by atoms with van der Waals surface area (Å²) < 4.78 is 33.5. The molecule has 5 atom stereocenters. The van der Waals surface area contributed by atoms with Crippen molar-refractivity contribution in [3.63, 3.8) is 0 Å². The van der Waals surface area contributed by atoms with Gasteiger partial charge in [0.05, 0.1) is 6.61 Å². The van der Waals surface area contributed by atoms with Gasteiger partial charge in [-0.05, 0) is 6.42 Å². The molecule has 0 aromatic carbocycles. The topological polar surface area (TPSA) is 55.4 Å². The van der Waals surface area contributed by atoms with Gasteiger partial charge < -0.3 is 28.4 Å². The molecular formula is C14H28O6. The van der Waals surface area contributed by atoms with Crippen LogP contribution in [0.5, 0.6) is 0 Å². The third-order valence-electron chi connectivity index (χ3n) is 3.52. The largest absolute Gasteiger partial charge is 0.382 e. The Hall–Kier alpha value is -0.240. The van der Waals surface area contributed by atoms with Crippen molar-refractivity contribution in [2.75, 3.05) is 41.7 Å². The summed E-state index contributed by atoms with van der Waals surface area (Å²) in [7, 11) is 6.53. The molecule has 1 fully saturated rings. The van der Waals surface area contributed by atoms with Crippen LogP contribution in [0.1, 0.15) is 19.8 Å². The maximum atomic E-state index is 5.94. The highest BCUT2D eigenvalue weighted by Gasteiger charge is 2.47. The van der Waals surface area contributed by atoms with Crippen LogP contribution in [0.3, 0.4) is 0 Å². The van der Waals surface area contributed by atoms with Crippen molar-refractivity contribution in [2.24, 2.45) is 0 Å². The number of hydrogen-bond donors (Lipinski definition) is 0. The maximum Gasteiger partial charge on any atom is 0.186 e. The standard InChI is InChI=1S/C14H28O6/c1-6-7-8-19-14-13(18-5)12(17-4)11(16-3)10(20-14)9-15-2/h10-14H,6-9H2,1-5H3/t10-,11-,12+,13+,14+/m1/s1. The molecule has 20 heavy (non-hydrogen) atoms. The molecule has 0 N–H and O–H groups in total. The van der Waals surface area contributed by atoms with E-state index in [1.807, 2.05) is 0 Å². The highest BCUT2D eigenvalue weighted by molar-refractivity contribution is 4.92. The molecule has 0 bridgehead atoms. The molecule has 6 heteroatoms. The monoisotopic (exact) mass is 292 g/mol. The Morgan fingerprint density at radius 2 is 1.55 bits per heavy atom. The fraction of sp³-hybridized carbons (Fsp3) is 1.00. The number of methoxy groups -OCH3 is 4. The van der Waals surface area contributed by atoms with Crippen LogP contribution in [0.4, 0.5) is 0 Å². The molecule has 0 unspecified atom stereocenters. The highest BCUT2D eigenvalue weighted by atomic mass is 16.7. The maximum absolute atomic E-state index is 5.94. The van der Waals surface area contributed by atoms with Crippen molar-refractivity contribution in [3.8, 4) is 0 Å². The third kappa shape index (κ3) is 4.38. The zero-order chi connectivity index (χ0) is 15.0. The lowest BCUT2D eigenvalue weighted by Crippen LogP contribution is -2.61. The van der Waals surface area contributed by atoms with Crippen LogP contribution < -0.4 is 0 Å². The second-order valence-corrected chi connectivity index (χ2v) is 4.82. The first-order valence-electron chi connectivity index (χ1n) is 7.07. The lowest BCUT2D eigenvalue weighted by Gasteiger charge is -2.44. The first-order chi connectivity index (χ1) is 9.73. The average molecular weight is 292 g/mol. The number of ether oxygens (including phenoxy) is 6. The molecule has 1 rings (SSSR count). The van der Waals surface area contributed by atoms with Crippen LogP contribution in [0.25, 0.3) is 0 Å². The number of hydrogen-bond acceptors (Lipinski definition) is 6. The van der Waals surface area contributed by atoms with Gasteiger partial charge in [0.25, 0.3) is 0 Å². The summed E-state index contributed by atoms with van der Waals surface area (Å²) >= 11 is 0. The summed E-state index contributed by atoms with van der Waals surface area (Å²) in [5.41, 5.74) is 0. The molecule has 1 saturated heterocycles. The van der Waals surface area contributed by atoms with E-state index in [0.717, 1.165) is 12.8 Å². The molecule has 1 aliphatic rings. The Balaban J connectivity index is 2.77. The summed E-state index contributed by atoms with van der Waals surface area (Å²) in [5.74, 6) is 0. The predicted octanol–water partition coefficient (Wildman–Crippen LogP) is 1.22. The van der Waals surface area contributed by atoms with Crippen LogP contribution in [-0.4, -0.2) is 72.4 Å². The number of rotatable bonds is 9. The predicted molar refractivity (Wildman–Crippen MR) is 73.8 cm³/mol. The summed E-state index contributed by atoms with van der Waals surface area (Å²) in [6, 6.07) is 0. The second kappa shape index (κ2) is 9.65. The Morgan fingerprint density at radius 1 is 0.900 bits per heavy atom. The molecule has 0 saturated carbocycles. The molecule has 0 aromatic heterocycles. The van der Waals surface area contributed by atoms with Gasteiger partial charge in [-0.3, -0.25) is 0 Å². The van der Waals surface area contributed by atoms with E-state index in [1.165, 1.54) is 0 Å². The summed E-state index contributed by atoms with van der Waals surface area (Å²) in [5, 5.41) is 0. The van der Waals surface area contributed by atoms with Gasteiger partial charge in [-0.15, -0.1) is 0 Å². The van der Waals surface area contributed by atoms with E-state index in [1.54, 1.807) is 28.4 Å². The first-order valence-corrected chi connectivity index (χ1v) is 7.07. The van der Waals surface area contributed by atoms with E-state index in [9.17, 15) is 0 Å². The van der Waals surface area contributed by atoms with Crippen LogP contribution >= 0.6 is 0 Å². The van der Waals surface area contributed by atoms with Crippen LogP contribution in [0.2, 0.25) is 0 Å². The summed E-state index contributed by atoms with van der Waals surface area (Å²) in [6.07, 6.45) is 0.504. The molecule has 6 nitrogen and oxygen atoms in total. The first kappa shape index (κ1) is 17.8. The molecule has 120 valence electrons. The SMILES string of the molecule is CCCCO[C@H]1O[C@H](COC)[C@@H](OC)[C@H](OC)[C@@H]1OC. The normalized spacial score (nSPS) is 34.4. The van der Waals surface area contributed by atoms with E-state index in [4.69, 9.17) is 28.4 Å². The fourth-order valence-electron chi connectivity index (χ4n) is 2.46. The van der Waals surface area contributed by atoms with Crippen molar-refractivity contribution in [2.45, 2.75) is 50.5 Å². The quantitative estimate of drug-likeness (QED) is 0.596. The van der Waals surface area contributed by atoms with Crippen molar-refractivity contribution in [1.82, 2.24) is 0 Å². The van der Waals surface area contributed by atoms with Gasteiger partial charge in [0.15, 0.2) is 6.29 Å². The van der Waals surface area contributed by atoms with Gasteiger partial charge in [-0.2, -0.15) is 0 Å². The fourth-order valence-corrected chi connectivity index (χ4v) is 2.46. The van der Waals surface area contributed by atoms with Gasteiger partial charge in [0.2, 0.25) is 0 Å². The van der Waals surface area contributed by atoms with Crippen molar-refractivity contribution >= 4 is 0 Å². The minimum absolute atomic E-state index is 0.243. The zero-order valence-electron chi connectivity index (χ0n) is 13.2. The van der Waals surface area contributed by atoms with Gasteiger partial charge in [-0.25, -0.2) is 0 Å². The Labute approximate surface area is 121 Å². The minimum Gasteiger partial charge on any atom is -0.382 e. The molecular weight excluding hydrogens is 264 g/mol. The molecule has 1 heterocycles. The Bertz CT molecular complexity index is 250. The number of unbranched alkanes of at least 4 members (excludes halogenated alkanes) is 1. The molecule has 0 aliphatic carbocycles. The average Bonchev–Trinajstić information content (AvgIpc) is 2.47. The molecule has 0 radical (unpaired) electrons. The lowest BCUT2D eigenvalue weighted by atomic mass is 9.98. The van der Waals surface area contributed by atoms with Gasteiger partial charge in [0.1, 0.15) is 24.4 Å². The van der Waals surface area contributed by atoms with Crippen LogP contribution in [-0.2, 0) is 28.4 Å². The van der Waals surface area contributed by atoms with Gasteiger partial charge in [-0.1, -0.05) is 13.3 Å². The van der Waals surface area contributed by atoms with E-state index in [0.29, 0.717) is 13.2 Å². The second-order valence-electron chi connectivity index (χ2n) is 4.82. The summed E-state index contributed by atoms with van der Waals surface area (Å²) in [6.45, 7) is 3.17. The third-order valence-corrected chi connectivity index (χ3v) is 3.52. The van der Waals surface area contributed by atoms with Crippen LogP contribution in [0.15, 0.2) is 0 Å². The van der Waals surface area contributed by atoms with Crippen molar-refractivity contribution in [3.05, 3.63) is 0 Å².